The summed E-state index contributed by atoms with van der Waals surface area (Å²) in [6, 6.07) is 22.1. The van der Waals surface area contributed by atoms with Gasteiger partial charge >= 0.3 is 11.8 Å². The van der Waals surface area contributed by atoms with Crippen molar-refractivity contribution in [2.75, 3.05) is 13.1 Å². The molecule has 0 fully saturated rings. The third-order valence-electron chi connectivity index (χ3n) is 5.78. The maximum atomic E-state index is 12.5. The highest BCUT2D eigenvalue weighted by Crippen LogP contribution is 2.30. The molecule has 2 N–H and O–H groups in total. The van der Waals surface area contributed by atoms with Crippen molar-refractivity contribution in [1.29, 1.82) is 0 Å². The van der Waals surface area contributed by atoms with E-state index in [2.05, 4.69) is 51.2 Å². The lowest BCUT2D eigenvalue weighted by molar-refractivity contribution is -0.139. The van der Waals surface area contributed by atoms with Gasteiger partial charge in [0.15, 0.2) is 0 Å². The van der Waals surface area contributed by atoms with Crippen LogP contribution in [-0.4, -0.2) is 29.8 Å². The van der Waals surface area contributed by atoms with E-state index in [9.17, 15) is 9.59 Å². The van der Waals surface area contributed by atoms with Crippen molar-refractivity contribution in [2.45, 2.75) is 32.0 Å². The lowest BCUT2D eigenvalue weighted by atomic mass is 9.98. The summed E-state index contributed by atoms with van der Waals surface area (Å²) in [6.07, 6.45) is 0.987. The van der Waals surface area contributed by atoms with E-state index in [0.29, 0.717) is 6.54 Å². The molecule has 160 valence electrons. The number of benzene rings is 2. The Kier molecular flexibility index (Phi) is 6.79. The molecule has 31 heavy (non-hydrogen) atoms. The number of fused-ring (bicyclic) bond motifs is 1. The lowest BCUT2D eigenvalue weighted by Gasteiger charge is -2.35. The Labute approximate surface area is 187 Å². The van der Waals surface area contributed by atoms with Crippen LogP contribution in [0.15, 0.2) is 72.1 Å². The van der Waals surface area contributed by atoms with Crippen LogP contribution in [-0.2, 0) is 22.6 Å². The van der Waals surface area contributed by atoms with E-state index in [1.54, 1.807) is 11.3 Å². The van der Waals surface area contributed by atoms with Gasteiger partial charge in [-0.05, 0) is 41.5 Å². The highest BCUT2D eigenvalue weighted by molar-refractivity contribution is 7.10. The predicted octanol–water partition coefficient (Wildman–Crippen LogP) is 3.84. The molecular formula is C25H27N3O2S. The van der Waals surface area contributed by atoms with Crippen molar-refractivity contribution in [1.82, 2.24) is 15.5 Å². The van der Waals surface area contributed by atoms with Gasteiger partial charge in [0.2, 0.25) is 0 Å². The Morgan fingerprint density at radius 2 is 1.71 bits per heavy atom. The molecule has 5 nitrogen and oxygen atoms in total. The first-order valence-electron chi connectivity index (χ1n) is 10.6. The van der Waals surface area contributed by atoms with E-state index in [-0.39, 0.29) is 12.1 Å². The molecule has 0 saturated heterocycles. The minimum absolute atomic E-state index is 0.0386. The molecule has 2 amide bonds. The molecule has 4 rings (SSSR count). The molecule has 0 aliphatic carbocycles. The van der Waals surface area contributed by atoms with Crippen LogP contribution in [0.5, 0.6) is 0 Å². The Balaban J connectivity index is 1.39. The number of nitrogens with one attached hydrogen (secondary N) is 2. The summed E-state index contributed by atoms with van der Waals surface area (Å²) in [4.78, 5) is 28.5. The Hall–Kier alpha value is -2.96. The third kappa shape index (κ3) is 5.21. The number of thiophene rings is 1. The fraction of sp³-hybridized carbons (Fsp3) is 0.280. The van der Waals surface area contributed by atoms with Gasteiger partial charge in [0.1, 0.15) is 0 Å². The van der Waals surface area contributed by atoms with E-state index in [0.717, 1.165) is 25.1 Å². The number of carbonyl (C=O) groups is 2. The van der Waals surface area contributed by atoms with Crippen molar-refractivity contribution < 1.29 is 9.59 Å². The summed E-state index contributed by atoms with van der Waals surface area (Å²) < 4.78 is 0. The number of nitrogens with zero attached hydrogens (tertiary/aromatic N) is 1. The summed E-state index contributed by atoms with van der Waals surface area (Å²) in [5.41, 5.74) is 3.69. The van der Waals surface area contributed by atoms with Crippen LogP contribution in [0.1, 0.15) is 40.6 Å². The van der Waals surface area contributed by atoms with Crippen molar-refractivity contribution in [2.24, 2.45) is 0 Å². The zero-order valence-corrected chi connectivity index (χ0v) is 18.4. The van der Waals surface area contributed by atoms with Crippen LogP contribution in [0.3, 0.4) is 0 Å². The summed E-state index contributed by atoms with van der Waals surface area (Å²) in [5, 5.41) is 7.70. The first-order valence-corrected chi connectivity index (χ1v) is 11.5. The Morgan fingerprint density at radius 3 is 2.45 bits per heavy atom. The van der Waals surface area contributed by atoms with Gasteiger partial charge in [-0.25, -0.2) is 0 Å². The molecule has 2 heterocycles. The molecule has 2 aromatic carbocycles. The summed E-state index contributed by atoms with van der Waals surface area (Å²) in [7, 11) is 0. The SMILES string of the molecule is C[C@@H](NC(=O)C(=O)NC[C@@H](c1cccs1)N1CCc2ccccc2C1)c1ccccc1. The quantitative estimate of drug-likeness (QED) is 0.581. The van der Waals surface area contributed by atoms with E-state index in [1.807, 2.05) is 43.3 Å². The Morgan fingerprint density at radius 1 is 0.968 bits per heavy atom. The van der Waals surface area contributed by atoms with E-state index in [1.165, 1.54) is 16.0 Å². The van der Waals surface area contributed by atoms with Gasteiger partial charge in [0.05, 0.1) is 12.1 Å². The van der Waals surface area contributed by atoms with E-state index >= 15 is 0 Å². The largest absolute Gasteiger partial charge is 0.346 e. The van der Waals surface area contributed by atoms with Gasteiger partial charge in [0, 0.05) is 24.5 Å². The molecular weight excluding hydrogens is 406 g/mol. The molecule has 0 radical (unpaired) electrons. The van der Waals surface area contributed by atoms with Crippen LogP contribution < -0.4 is 10.6 Å². The van der Waals surface area contributed by atoms with Gasteiger partial charge in [0.25, 0.3) is 0 Å². The number of hydrogen-bond donors (Lipinski definition) is 2. The minimum Gasteiger partial charge on any atom is -0.346 e. The highest BCUT2D eigenvalue weighted by Gasteiger charge is 2.27. The number of rotatable bonds is 6. The highest BCUT2D eigenvalue weighted by atomic mass is 32.1. The minimum atomic E-state index is -0.606. The molecule has 1 aliphatic heterocycles. The number of hydrogen-bond acceptors (Lipinski definition) is 4. The van der Waals surface area contributed by atoms with Crippen molar-refractivity contribution in [3.8, 4) is 0 Å². The molecule has 2 atom stereocenters. The number of amides is 2. The Bertz CT molecular complexity index is 1020. The zero-order chi connectivity index (χ0) is 21.6. The molecule has 1 aliphatic rings. The number of carbonyl (C=O) groups excluding carboxylic acids is 2. The maximum Gasteiger partial charge on any atom is 0.309 e. The van der Waals surface area contributed by atoms with Crippen LogP contribution in [0.25, 0.3) is 0 Å². The summed E-state index contributed by atoms with van der Waals surface area (Å²) >= 11 is 1.68. The van der Waals surface area contributed by atoms with Gasteiger partial charge in [-0.1, -0.05) is 60.7 Å². The first-order chi connectivity index (χ1) is 15.1. The molecule has 0 unspecified atom stereocenters. The van der Waals surface area contributed by atoms with E-state index < -0.39 is 11.8 Å². The van der Waals surface area contributed by atoms with Crippen LogP contribution >= 0.6 is 11.3 Å². The predicted molar refractivity (Wildman–Crippen MR) is 124 cm³/mol. The topological polar surface area (TPSA) is 61.4 Å². The first kappa shape index (κ1) is 21.3. The van der Waals surface area contributed by atoms with Crippen molar-refractivity contribution in [3.63, 3.8) is 0 Å². The van der Waals surface area contributed by atoms with Crippen LogP contribution in [0.4, 0.5) is 0 Å². The summed E-state index contributed by atoms with van der Waals surface area (Å²) in [5.74, 6) is -1.20. The monoisotopic (exact) mass is 433 g/mol. The van der Waals surface area contributed by atoms with Gasteiger partial charge < -0.3 is 10.6 Å². The fourth-order valence-electron chi connectivity index (χ4n) is 4.03. The van der Waals surface area contributed by atoms with Crippen LogP contribution in [0.2, 0.25) is 0 Å². The van der Waals surface area contributed by atoms with Crippen molar-refractivity contribution in [3.05, 3.63) is 93.7 Å². The standard InChI is InChI=1S/C25H27N3O2S/c1-18(19-8-3-2-4-9-19)27-25(30)24(29)26-16-22(23-12-7-15-31-23)28-14-13-20-10-5-6-11-21(20)17-28/h2-12,15,18,22H,13-14,16-17H2,1H3,(H,26,29)(H,27,30)/t18-,22+/m1/s1. The molecule has 0 saturated carbocycles. The van der Waals surface area contributed by atoms with Crippen LogP contribution in [0, 0.1) is 0 Å². The second-order valence-corrected chi connectivity index (χ2v) is 8.82. The molecule has 1 aromatic heterocycles. The second kappa shape index (κ2) is 9.90. The second-order valence-electron chi connectivity index (χ2n) is 7.84. The van der Waals surface area contributed by atoms with Gasteiger partial charge in [-0.3, -0.25) is 14.5 Å². The smallest absolute Gasteiger partial charge is 0.309 e. The van der Waals surface area contributed by atoms with Crippen molar-refractivity contribution >= 4 is 23.2 Å². The molecule has 0 spiro atoms. The zero-order valence-electron chi connectivity index (χ0n) is 17.6. The maximum absolute atomic E-state index is 12.5. The normalized spacial score (nSPS) is 15.5. The average molecular weight is 434 g/mol. The molecule has 6 heteroatoms. The average Bonchev–Trinajstić information content (AvgIpc) is 3.34. The third-order valence-corrected chi connectivity index (χ3v) is 6.76. The fourth-order valence-corrected chi connectivity index (χ4v) is 4.89. The summed E-state index contributed by atoms with van der Waals surface area (Å²) in [6.45, 7) is 4.04. The van der Waals surface area contributed by atoms with Gasteiger partial charge in [-0.2, -0.15) is 0 Å². The van der Waals surface area contributed by atoms with E-state index in [4.69, 9.17) is 0 Å². The lowest BCUT2D eigenvalue weighted by Crippen LogP contribution is -2.45. The molecule has 3 aromatic rings. The molecule has 0 bridgehead atoms. The van der Waals surface area contributed by atoms with Gasteiger partial charge in [-0.15, -0.1) is 11.3 Å².